The lowest BCUT2D eigenvalue weighted by Crippen LogP contribution is -2.05. The number of benzene rings is 1. The zero-order valence-electron chi connectivity index (χ0n) is 14.2. The van der Waals surface area contributed by atoms with Crippen molar-refractivity contribution in [2.24, 2.45) is 0 Å². The number of hydrogen-bond acceptors (Lipinski definition) is 4. The fraction of sp³-hybridized carbons (Fsp3) is 0.368. The van der Waals surface area contributed by atoms with Crippen LogP contribution in [0.5, 0.6) is 0 Å². The number of carboxylic acids is 1. The minimum atomic E-state index is -0.861. The Bertz CT molecular complexity index is 583. The summed E-state index contributed by atoms with van der Waals surface area (Å²) >= 11 is 0. The van der Waals surface area contributed by atoms with Gasteiger partial charge in [-0.3, -0.25) is 0 Å². The second kappa shape index (κ2) is 10.4. The van der Waals surface area contributed by atoms with Gasteiger partial charge in [-0.15, -0.1) is 0 Å². The predicted octanol–water partition coefficient (Wildman–Crippen LogP) is 3.50. The van der Waals surface area contributed by atoms with Crippen molar-refractivity contribution in [2.75, 3.05) is 6.61 Å². The number of carbonyl (C=O) groups excluding carboxylic acids is 1. The van der Waals surface area contributed by atoms with E-state index in [1.165, 1.54) is 0 Å². The molecule has 0 spiro atoms. The summed E-state index contributed by atoms with van der Waals surface area (Å²) in [5, 5.41) is 8.52. The molecule has 1 aliphatic rings. The zero-order chi connectivity index (χ0) is 17.9. The number of carbonyl (C=O) groups is 2. The van der Waals surface area contributed by atoms with Crippen molar-refractivity contribution < 1.29 is 24.2 Å². The first-order valence-electron chi connectivity index (χ1n) is 7.80. The van der Waals surface area contributed by atoms with Gasteiger partial charge in [0, 0.05) is 17.8 Å². The van der Waals surface area contributed by atoms with Gasteiger partial charge in [0.2, 0.25) is 0 Å². The Labute approximate surface area is 142 Å². The van der Waals surface area contributed by atoms with Crippen LogP contribution in [0.1, 0.15) is 32.3 Å². The van der Waals surface area contributed by atoms with E-state index in [2.05, 4.69) is 6.58 Å². The molecule has 1 N–H and O–H groups in total. The second-order valence-electron chi connectivity index (χ2n) is 5.55. The molecule has 1 aliphatic heterocycles. The van der Waals surface area contributed by atoms with E-state index in [0.717, 1.165) is 25.0 Å². The van der Waals surface area contributed by atoms with Crippen molar-refractivity contribution in [3.8, 4) is 0 Å². The Hall–Kier alpha value is -2.40. The Morgan fingerprint density at radius 3 is 2.50 bits per heavy atom. The van der Waals surface area contributed by atoms with Crippen LogP contribution in [0.2, 0.25) is 0 Å². The highest BCUT2D eigenvalue weighted by Gasteiger charge is 2.14. The molecular weight excluding hydrogens is 308 g/mol. The van der Waals surface area contributed by atoms with Crippen molar-refractivity contribution in [1.29, 1.82) is 0 Å². The van der Waals surface area contributed by atoms with Crippen LogP contribution in [0.3, 0.4) is 0 Å². The van der Waals surface area contributed by atoms with E-state index in [-0.39, 0.29) is 12.1 Å². The summed E-state index contributed by atoms with van der Waals surface area (Å²) in [6, 6.07) is 9.55. The number of rotatable bonds is 5. The van der Waals surface area contributed by atoms with Gasteiger partial charge in [-0.25, -0.2) is 9.59 Å². The molecule has 5 heteroatoms. The summed E-state index contributed by atoms with van der Waals surface area (Å²) in [6.07, 6.45) is 3.69. The fourth-order valence-electron chi connectivity index (χ4n) is 1.93. The van der Waals surface area contributed by atoms with Gasteiger partial charge in [-0.1, -0.05) is 36.9 Å². The SMILES string of the molecule is C=C(C)C(=O)OCc1ccccc1.CC(=CC1CCCO1)C(=O)O. The Morgan fingerprint density at radius 2 is 2.00 bits per heavy atom. The van der Waals surface area contributed by atoms with Crippen LogP contribution in [-0.2, 0) is 25.7 Å². The standard InChI is InChI=1S/C11H12O2.C8H12O3/c1-9(2)11(12)13-8-10-6-4-3-5-7-10;1-6(8(9)10)5-7-3-2-4-11-7/h3-7H,1,8H2,2H3;5,7H,2-4H2,1H3,(H,9,10). The predicted molar refractivity (Wildman–Crippen MR) is 91.4 cm³/mol. The van der Waals surface area contributed by atoms with E-state index >= 15 is 0 Å². The third-order valence-corrected chi connectivity index (χ3v) is 3.30. The Balaban J connectivity index is 0.000000243. The van der Waals surface area contributed by atoms with Gasteiger partial charge in [0.15, 0.2) is 0 Å². The van der Waals surface area contributed by atoms with Gasteiger partial charge >= 0.3 is 11.9 Å². The second-order valence-corrected chi connectivity index (χ2v) is 5.55. The van der Waals surface area contributed by atoms with E-state index in [9.17, 15) is 9.59 Å². The molecule has 0 aromatic heterocycles. The molecule has 1 atom stereocenters. The number of aliphatic carboxylic acids is 1. The molecule has 0 bridgehead atoms. The highest BCUT2D eigenvalue weighted by atomic mass is 16.5. The largest absolute Gasteiger partial charge is 0.478 e. The maximum absolute atomic E-state index is 11.0. The number of ether oxygens (including phenoxy) is 2. The van der Waals surface area contributed by atoms with Crippen molar-refractivity contribution in [3.05, 3.63) is 59.7 Å². The molecule has 2 rings (SSSR count). The number of hydrogen-bond donors (Lipinski definition) is 1. The molecule has 1 unspecified atom stereocenters. The van der Waals surface area contributed by atoms with E-state index in [1.807, 2.05) is 30.3 Å². The quantitative estimate of drug-likeness (QED) is 0.660. The number of esters is 1. The lowest BCUT2D eigenvalue weighted by molar-refractivity contribution is -0.140. The minimum Gasteiger partial charge on any atom is -0.478 e. The topological polar surface area (TPSA) is 72.8 Å². The van der Waals surface area contributed by atoms with Crippen molar-refractivity contribution in [3.63, 3.8) is 0 Å². The molecule has 0 saturated carbocycles. The molecule has 0 radical (unpaired) electrons. The van der Waals surface area contributed by atoms with E-state index in [1.54, 1.807) is 19.9 Å². The third kappa shape index (κ3) is 7.74. The molecule has 1 fully saturated rings. The van der Waals surface area contributed by atoms with Crippen LogP contribution in [0.15, 0.2) is 54.1 Å². The molecular formula is C19H24O5. The van der Waals surface area contributed by atoms with Crippen LogP contribution < -0.4 is 0 Å². The first kappa shape index (κ1) is 19.6. The molecule has 0 amide bonds. The van der Waals surface area contributed by atoms with Gasteiger partial charge in [-0.2, -0.15) is 0 Å². The smallest absolute Gasteiger partial charge is 0.333 e. The zero-order valence-corrected chi connectivity index (χ0v) is 14.2. The van der Waals surface area contributed by atoms with Crippen LogP contribution >= 0.6 is 0 Å². The molecule has 24 heavy (non-hydrogen) atoms. The summed E-state index contributed by atoms with van der Waals surface area (Å²) in [5.74, 6) is -1.20. The van der Waals surface area contributed by atoms with Gasteiger partial charge in [0.25, 0.3) is 0 Å². The van der Waals surface area contributed by atoms with Gasteiger partial charge in [0.1, 0.15) is 6.61 Å². The highest BCUT2D eigenvalue weighted by molar-refractivity contribution is 5.87. The molecule has 1 heterocycles. The monoisotopic (exact) mass is 332 g/mol. The molecule has 130 valence electrons. The van der Waals surface area contributed by atoms with Gasteiger partial charge in [0.05, 0.1) is 6.10 Å². The molecule has 5 nitrogen and oxygen atoms in total. The molecule has 0 aliphatic carbocycles. The minimum absolute atomic E-state index is 0.0334. The van der Waals surface area contributed by atoms with Gasteiger partial charge in [-0.05, 0) is 38.3 Å². The first-order chi connectivity index (χ1) is 11.4. The number of carboxylic acid groups (broad SMARTS) is 1. The van der Waals surface area contributed by atoms with Crippen LogP contribution in [-0.4, -0.2) is 29.8 Å². The fourth-order valence-corrected chi connectivity index (χ4v) is 1.93. The van der Waals surface area contributed by atoms with E-state index < -0.39 is 5.97 Å². The molecule has 1 aromatic rings. The summed E-state index contributed by atoms with van der Waals surface area (Å²) < 4.78 is 10.2. The van der Waals surface area contributed by atoms with Crippen molar-refractivity contribution in [2.45, 2.75) is 39.4 Å². The summed E-state index contributed by atoms with van der Waals surface area (Å²) in [6.45, 7) is 7.78. The molecule has 1 aromatic carbocycles. The summed E-state index contributed by atoms with van der Waals surface area (Å²) in [4.78, 5) is 21.4. The Morgan fingerprint density at radius 1 is 1.33 bits per heavy atom. The lowest BCUT2D eigenvalue weighted by Gasteiger charge is -2.03. The highest BCUT2D eigenvalue weighted by Crippen LogP contribution is 2.14. The van der Waals surface area contributed by atoms with E-state index in [4.69, 9.17) is 14.6 Å². The van der Waals surface area contributed by atoms with Crippen LogP contribution in [0.25, 0.3) is 0 Å². The summed E-state index contributed by atoms with van der Waals surface area (Å²) in [7, 11) is 0. The lowest BCUT2D eigenvalue weighted by atomic mass is 10.2. The van der Waals surface area contributed by atoms with Crippen molar-refractivity contribution in [1.82, 2.24) is 0 Å². The summed E-state index contributed by atoms with van der Waals surface area (Å²) in [5.41, 5.74) is 1.78. The van der Waals surface area contributed by atoms with Gasteiger partial charge < -0.3 is 14.6 Å². The van der Waals surface area contributed by atoms with Crippen LogP contribution in [0, 0.1) is 0 Å². The first-order valence-corrected chi connectivity index (χ1v) is 7.80. The third-order valence-electron chi connectivity index (χ3n) is 3.30. The molecule has 1 saturated heterocycles. The van der Waals surface area contributed by atoms with E-state index in [0.29, 0.717) is 17.8 Å². The average Bonchev–Trinajstić information content (AvgIpc) is 3.07. The maximum Gasteiger partial charge on any atom is 0.333 e. The Kier molecular flexibility index (Phi) is 8.50. The van der Waals surface area contributed by atoms with Crippen LogP contribution in [0.4, 0.5) is 0 Å². The maximum atomic E-state index is 11.0. The van der Waals surface area contributed by atoms with Crippen molar-refractivity contribution >= 4 is 11.9 Å². The average molecular weight is 332 g/mol. The normalized spacial score (nSPS) is 16.8.